The van der Waals surface area contributed by atoms with E-state index in [-0.39, 0.29) is 11.1 Å². The molecule has 0 aliphatic heterocycles. The van der Waals surface area contributed by atoms with E-state index in [4.69, 9.17) is 0 Å². The minimum Gasteiger partial charge on any atom is -0.302 e. The number of hydrogen-bond acceptors (Lipinski definition) is 2. The molecular weight excluding hydrogens is 256 g/mol. The molecule has 2 aromatic rings. The molecule has 0 atom stereocenters. The zero-order valence-corrected chi connectivity index (χ0v) is 11.8. The average Bonchev–Trinajstić information content (AvgIpc) is 2.89. The highest BCUT2D eigenvalue weighted by molar-refractivity contribution is 5.53. The second kappa shape index (κ2) is 5.64. The van der Waals surface area contributed by atoms with Crippen LogP contribution in [0.5, 0.6) is 0 Å². The van der Waals surface area contributed by atoms with Gasteiger partial charge < -0.3 is 10.2 Å². The van der Waals surface area contributed by atoms with Crippen molar-refractivity contribution in [1.29, 1.82) is 0 Å². The molecule has 6 heteroatoms. The molecule has 0 aliphatic rings. The Morgan fingerprint density at radius 1 is 1.00 bits per heavy atom. The predicted octanol–water partition coefficient (Wildman–Crippen LogP) is 1.54. The smallest absolute Gasteiger partial charge is 0.271 e. The molecule has 0 bridgehead atoms. The van der Waals surface area contributed by atoms with E-state index in [2.05, 4.69) is 20.4 Å². The first-order chi connectivity index (χ1) is 9.49. The van der Waals surface area contributed by atoms with Crippen LogP contribution in [0.2, 0.25) is 0 Å². The summed E-state index contributed by atoms with van der Waals surface area (Å²) in [5, 5.41) is 10.6. The van der Waals surface area contributed by atoms with Gasteiger partial charge in [-0.05, 0) is 33.3 Å². The van der Waals surface area contributed by atoms with E-state index in [0.29, 0.717) is 12.0 Å². The highest BCUT2D eigenvalue weighted by Gasteiger charge is 2.04. The third-order valence-corrected chi connectivity index (χ3v) is 3.24. The van der Waals surface area contributed by atoms with Gasteiger partial charge >= 0.3 is 0 Å². The molecule has 20 heavy (non-hydrogen) atoms. The van der Waals surface area contributed by atoms with Crippen LogP contribution in [0.1, 0.15) is 29.4 Å². The van der Waals surface area contributed by atoms with Crippen molar-refractivity contribution in [3.63, 3.8) is 0 Å². The monoisotopic (exact) mass is 274 g/mol. The molecule has 0 saturated heterocycles. The fourth-order valence-electron chi connectivity index (χ4n) is 1.92. The SMILES string of the molecule is CC(C=Cc1c(C)[nH][nH]c1=O)=CCc1c(C)[nH][nH]c1=O. The summed E-state index contributed by atoms with van der Waals surface area (Å²) in [7, 11) is 0. The van der Waals surface area contributed by atoms with Crippen LogP contribution in [0.4, 0.5) is 0 Å². The largest absolute Gasteiger partial charge is 0.302 e. The quantitative estimate of drug-likeness (QED) is 0.636. The number of aromatic nitrogens is 4. The van der Waals surface area contributed by atoms with E-state index in [9.17, 15) is 9.59 Å². The van der Waals surface area contributed by atoms with Crippen molar-refractivity contribution in [3.8, 4) is 0 Å². The highest BCUT2D eigenvalue weighted by atomic mass is 16.1. The van der Waals surface area contributed by atoms with Crippen molar-refractivity contribution in [1.82, 2.24) is 20.4 Å². The normalized spacial score (nSPS) is 12.4. The van der Waals surface area contributed by atoms with Gasteiger partial charge in [-0.15, -0.1) is 0 Å². The van der Waals surface area contributed by atoms with E-state index in [1.807, 2.05) is 32.9 Å². The summed E-state index contributed by atoms with van der Waals surface area (Å²) in [4.78, 5) is 23.0. The molecule has 0 spiro atoms. The van der Waals surface area contributed by atoms with Gasteiger partial charge in [-0.25, -0.2) is 0 Å². The molecule has 0 aliphatic carbocycles. The molecule has 2 aromatic heterocycles. The number of H-pyrrole nitrogens is 4. The summed E-state index contributed by atoms with van der Waals surface area (Å²) in [6.45, 7) is 5.62. The van der Waals surface area contributed by atoms with E-state index < -0.39 is 0 Å². The number of nitrogens with one attached hydrogen (secondary N) is 4. The first-order valence-corrected chi connectivity index (χ1v) is 6.37. The van der Waals surface area contributed by atoms with Gasteiger partial charge in [-0.2, -0.15) is 0 Å². The average molecular weight is 274 g/mol. The second-order valence-electron chi connectivity index (χ2n) is 4.79. The van der Waals surface area contributed by atoms with Crippen LogP contribution >= 0.6 is 0 Å². The van der Waals surface area contributed by atoms with Crippen LogP contribution in [-0.2, 0) is 6.42 Å². The Balaban J connectivity index is 2.13. The Hall–Kier alpha value is -2.50. The second-order valence-corrected chi connectivity index (χ2v) is 4.79. The molecule has 0 radical (unpaired) electrons. The predicted molar refractivity (Wildman–Crippen MR) is 78.8 cm³/mol. The van der Waals surface area contributed by atoms with Crippen LogP contribution in [0.3, 0.4) is 0 Å². The van der Waals surface area contributed by atoms with Gasteiger partial charge in [0.15, 0.2) is 0 Å². The zero-order chi connectivity index (χ0) is 14.7. The maximum atomic E-state index is 11.5. The van der Waals surface area contributed by atoms with Gasteiger partial charge in [-0.1, -0.05) is 17.7 Å². The molecule has 6 nitrogen and oxygen atoms in total. The lowest BCUT2D eigenvalue weighted by molar-refractivity contribution is 1.02. The summed E-state index contributed by atoms with van der Waals surface area (Å²) in [5.74, 6) is 0. The third-order valence-electron chi connectivity index (χ3n) is 3.24. The lowest BCUT2D eigenvalue weighted by atomic mass is 10.1. The Bertz CT molecular complexity index is 768. The molecule has 106 valence electrons. The molecule has 0 aromatic carbocycles. The summed E-state index contributed by atoms with van der Waals surface area (Å²) in [5.41, 5.74) is 3.77. The molecule has 0 unspecified atom stereocenters. The van der Waals surface area contributed by atoms with Crippen molar-refractivity contribution in [3.05, 3.63) is 60.9 Å². The Morgan fingerprint density at radius 3 is 2.20 bits per heavy atom. The minimum atomic E-state index is -0.135. The van der Waals surface area contributed by atoms with E-state index >= 15 is 0 Å². The Morgan fingerprint density at radius 2 is 1.65 bits per heavy atom. The molecule has 0 saturated carbocycles. The highest BCUT2D eigenvalue weighted by Crippen LogP contribution is 2.06. The van der Waals surface area contributed by atoms with Crippen molar-refractivity contribution in [2.45, 2.75) is 27.2 Å². The van der Waals surface area contributed by atoms with Gasteiger partial charge in [0.2, 0.25) is 0 Å². The molecule has 2 heterocycles. The molecule has 2 rings (SSSR count). The van der Waals surface area contributed by atoms with Crippen molar-refractivity contribution in [2.75, 3.05) is 0 Å². The van der Waals surface area contributed by atoms with Crippen LogP contribution in [0.25, 0.3) is 6.08 Å². The lowest BCUT2D eigenvalue weighted by Gasteiger charge is -1.94. The van der Waals surface area contributed by atoms with Gasteiger partial charge in [-0.3, -0.25) is 19.8 Å². The Kier molecular flexibility index (Phi) is 3.93. The van der Waals surface area contributed by atoms with Crippen LogP contribution in [0.15, 0.2) is 27.3 Å². The first kappa shape index (κ1) is 13.9. The van der Waals surface area contributed by atoms with Crippen LogP contribution < -0.4 is 11.1 Å². The maximum absolute atomic E-state index is 11.5. The van der Waals surface area contributed by atoms with Crippen LogP contribution in [-0.4, -0.2) is 20.4 Å². The van der Waals surface area contributed by atoms with Crippen LogP contribution in [0, 0.1) is 13.8 Å². The maximum Gasteiger partial charge on any atom is 0.271 e. The Labute approximate surface area is 115 Å². The van der Waals surface area contributed by atoms with Crippen molar-refractivity contribution in [2.24, 2.45) is 0 Å². The number of rotatable bonds is 4. The number of aryl methyl sites for hydroxylation is 2. The standard InChI is InChI=1S/C14H18N4O2/c1-8(4-6-11-9(2)15-17-13(11)19)5-7-12-10(3)16-18-14(12)20/h4-6H,7H2,1-3H3,(H2,15,17,19)(H2,16,18,20). The molecule has 4 N–H and O–H groups in total. The molecule has 0 amide bonds. The lowest BCUT2D eigenvalue weighted by Crippen LogP contribution is -2.05. The third kappa shape index (κ3) is 2.90. The van der Waals surface area contributed by atoms with Crippen molar-refractivity contribution >= 4 is 6.08 Å². The minimum absolute atomic E-state index is 0.0894. The summed E-state index contributed by atoms with van der Waals surface area (Å²) < 4.78 is 0. The van der Waals surface area contributed by atoms with Gasteiger partial charge in [0.05, 0.1) is 5.56 Å². The van der Waals surface area contributed by atoms with Gasteiger partial charge in [0.1, 0.15) is 0 Å². The summed E-state index contributed by atoms with van der Waals surface area (Å²) >= 11 is 0. The van der Waals surface area contributed by atoms with Gasteiger partial charge in [0.25, 0.3) is 11.1 Å². The topological polar surface area (TPSA) is 97.3 Å². The molecular formula is C14H18N4O2. The summed E-state index contributed by atoms with van der Waals surface area (Å²) in [6.07, 6.45) is 6.15. The van der Waals surface area contributed by atoms with E-state index in [0.717, 1.165) is 22.5 Å². The number of allylic oxidation sites excluding steroid dienone is 3. The first-order valence-electron chi connectivity index (χ1n) is 6.37. The zero-order valence-electron chi connectivity index (χ0n) is 11.8. The van der Waals surface area contributed by atoms with E-state index in [1.165, 1.54) is 0 Å². The fourth-order valence-corrected chi connectivity index (χ4v) is 1.92. The molecule has 0 fully saturated rings. The summed E-state index contributed by atoms with van der Waals surface area (Å²) in [6, 6.07) is 0. The number of hydrogen-bond donors (Lipinski definition) is 4. The number of aromatic amines is 4. The van der Waals surface area contributed by atoms with Crippen molar-refractivity contribution < 1.29 is 0 Å². The van der Waals surface area contributed by atoms with Gasteiger partial charge in [0, 0.05) is 17.0 Å². The fraction of sp³-hybridized carbons (Fsp3) is 0.286. The van der Waals surface area contributed by atoms with E-state index in [1.54, 1.807) is 6.08 Å².